The van der Waals surface area contributed by atoms with E-state index in [1.54, 1.807) is 18.2 Å². The number of benzene rings is 2. The summed E-state index contributed by atoms with van der Waals surface area (Å²) in [4.78, 5) is 13.2. The Balaban J connectivity index is 1.79. The second kappa shape index (κ2) is 7.58. The van der Waals surface area contributed by atoms with E-state index in [4.69, 9.17) is 11.6 Å². The number of halogens is 1. The van der Waals surface area contributed by atoms with Gasteiger partial charge in [-0.1, -0.05) is 48.0 Å². The maximum absolute atomic E-state index is 12.6. The Kier molecular flexibility index (Phi) is 5.45. The summed E-state index contributed by atoms with van der Waals surface area (Å²) in [5.74, 6) is -0.0981. The lowest BCUT2D eigenvalue weighted by Gasteiger charge is -2.33. The third-order valence-electron chi connectivity index (χ3n) is 4.57. The molecule has 1 aliphatic heterocycles. The van der Waals surface area contributed by atoms with Gasteiger partial charge >= 0.3 is 0 Å². The van der Waals surface area contributed by atoms with Gasteiger partial charge in [-0.2, -0.15) is 0 Å². The van der Waals surface area contributed by atoms with Crippen LogP contribution in [-0.2, 0) is 20.4 Å². The molecule has 1 heterocycles. The number of rotatable bonds is 5. The third kappa shape index (κ3) is 4.05. The predicted molar refractivity (Wildman–Crippen MR) is 98.1 cm³/mol. The Morgan fingerprint density at radius 1 is 1.08 bits per heavy atom. The molecule has 2 aromatic rings. The predicted octanol–water partition coefficient (Wildman–Crippen LogP) is 4.00. The van der Waals surface area contributed by atoms with E-state index in [9.17, 15) is 13.2 Å². The van der Waals surface area contributed by atoms with Gasteiger partial charge in [0.05, 0.1) is 21.7 Å². The van der Waals surface area contributed by atoms with Gasteiger partial charge in [0.2, 0.25) is 6.41 Å². The van der Waals surface area contributed by atoms with Crippen molar-refractivity contribution in [2.45, 2.75) is 36.0 Å². The maximum atomic E-state index is 12.6. The second-order valence-corrected chi connectivity index (χ2v) is 8.65. The zero-order valence-corrected chi connectivity index (χ0v) is 15.3. The van der Waals surface area contributed by atoms with Gasteiger partial charge in [0.15, 0.2) is 9.84 Å². The zero-order chi connectivity index (χ0) is 17.9. The Bertz CT molecular complexity index is 849. The van der Waals surface area contributed by atoms with E-state index in [1.807, 2.05) is 29.2 Å². The number of piperidine rings is 1. The molecule has 0 saturated carbocycles. The lowest BCUT2D eigenvalue weighted by atomic mass is 9.95. The largest absolute Gasteiger partial charge is 0.338 e. The highest BCUT2D eigenvalue weighted by Gasteiger charge is 2.23. The minimum Gasteiger partial charge on any atom is -0.338 e. The van der Waals surface area contributed by atoms with Crippen LogP contribution in [0, 0.1) is 0 Å². The monoisotopic (exact) mass is 377 g/mol. The highest BCUT2D eigenvalue weighted by atomic mass is 35.5. The SMILES string of the molecule is O=CN1CCCCC1c1ccc(CS(=O)(=O)c2ccccc2Cl)cc1. The summed E-state index contributed by atoms with van der Waals surface area (Å²) >= 11 is 6.02. The van der Waals surface area contributed by atoms with Gasteiger partial charge in [0.1, 0.15) is 0 Å². The Labute approximate surface area is 153 Å². The minimum atomic E-state index is -3.50. The highest BCUT2D eigenvalue weighted by molar-refractivity contribution is 7.90. The van der Waals surface area contributed by atoms with Gasteiger partial charge in [-0.3, -0.25) is 4.79 Å². The van der Waals surface area contributed by atoms with Gasteiger partial charge < -0.3 is 4.90 Å². The molecule has 0 aliphatic carbocycles. The number of carbonyl (C=O) groups is 1. The summed E-state index contributed by atoms with van der Waals surface area (Å²) < 4.78 is 25.1. The van der Waals surface area contributed by atoms with Crippen LogP contribution in [0.3, 0.4) is 0 Å². The van der Waals surface area contributed by atoms with Gasteiger partial charge in [-0.05, 0) is 42.5 Å². The van der Waals surface area contributed by atoms with Crippen LogP contribution in [-0.4, -0.2) is 26.3 Å². The molecule has 1 aliphatic rings. The lowest BCUT2D eigenvalue weighted by molar-refractivity contribution is -0.121. The highest BCUT2D eigenvalue weighted by Crippen LogP contribution is 2.30. The number of nitrogens with zero attached hydrogens (tertiary/aromatic N) is 1. The molecule has 1 atom stereocenters. The Morgan fingerprint density at radius 2 is 1.80 bits per heavy atom. The zero-order valence-electron chi connectivity index (χ0n) is 13.8. The third-order valence-corrected chi connectivity index (χ3v) is 6.75. The van der Waals surface area contributed by atoms with Crippen LogP contribution in [0.5, 0.6) is 0 Å². The first-order valence-corrected chi connectivity index (χ1v) is 10.3. The van der Waals surface area contributed by atoms with Gasteiger partial charge in [-0.15, -0.1) is 0 Å². The first-order valence-electron chi connectivity index (χ1n) is 8.28. The number of carbonyl (C=O) groups excluding carboxylic acids is 1. The van der Waals surface area contributed by atoms with E-state index in [1.165, 1.54) is 6.07 Å². The topological polar surface area (TPSA) is 54.5 Å². The molecular formula is C19H20ClNO3S. The van der Waals surface area contributed by atoms with E-state index in [-0.39, 0.29) is 21.7 Å². The molecule has 4 nitrogen and oxygen atoms in total. The minimum absolute atomic E-state index is 0.0838. The van der Waals surface area contributed by atoms with Crippen LogP contribution in [0.4, 0.5) is 0 Å². The van der Waals surface area contributed by atoms with Crippen molar-refractivity contribution in [3.05, 3.63) is 64.7 Å². The van der Waals surface area contributed by atoms with Crippen LogP contribution >= 0.6 is 11.6 Å². The van der Waals surface area contributed by atoms with Crippen molar-refractivity contribution in [1.29, 1.82) is 0 Å². The van der Waals surface area contributed by atoms with E-state index in [0.29, 0.717) is 5.56 Å². The average Bonchev–Trinajstić information content (AvgIpc) is 2.62. The summed E-state index contributed by atoms with van der Waals surface area (Å²) in [6.07, 6.45) is 3.97. The molecule has 1 saturated heterocycles. The van der Waals surface area contributed by atoms with Crippen LogP contribution in [0.15, 0.2) is 53.4 Å². The standard InChI is InChI=1S/C19H20ClNO3S/c20-17-5-1-2-7-19(17)25(23,24)13-15-8-10-16(11-9-15)18-6-3-4-12-21(18)14-22/h1-2,5,7-11,14,18H,3-4,6,12-13H2. The molecule has 0 spiro atoms. The number of hydrogen-bond donors (Lipinski definition) is 0. The molecule has 0 N–H and O–H groups in total. The van der Waals surface area contributed by atoms with Crippen LogP contribution < -0.4 is 0 Å². The Morgan fingerprint density at radius 3 is 2.48 bits per heavy atom. The fourth-order valence-corrected chi connectivity index (χ4v) is 5.19. The number of likely N-dealkylation sites (tertiary alicyclic amines) is 1. The van der Waals surface area contributed by atoms with E-state index in [0.717, 1.165) is 37.8 Å². The molecule has 3 rings (SSSR count). The normalized spacial score (nSPS) is 18.1. The van der Waals surface area contributed by atoms with Crippen molar-refractivity contribution in [2.24, 2.45) is 0 Å². The van der Waals surface area contributed by atoms with Crippen LogP contribution in [0.2, 0.25) is 5.02 Å². The molecule has 0 radical (unpaired) electrons. The second-order valence-electron chi connectivity index (χ2n) is 6.29. The molecule has 0 aromatic heterocycles. The molecular weight excluding hydrogens is 358 g/mol. The number of hydrogen-bond acceptors (Lipinski definition) is 3. The van der Waals surface area contributed by atoms with Crippen molar-refractivity contribution in [1.82, 2.24) is 4.90 Å². The fraction of sp³-hybridized carbons (Fsp3) is 0.316. The molecule has 0 bridgehead atoms. The van der Waals surface area contributed by atoms with E-state index in [2.05, 4.69) is 0 Å². The maximum Gasteiger partial charge on any atom is 0.210 e. The molecule has 1 fully saturated rings. The molecule has 25 heavy (non-hydrogen) atoms. The van der Waals surface area contributed by atoms with Crippen molar-refractivity contribution < 1.29 is 13.2 Å². The van der Waals surface area contributed by atoms with Crippen LogP contribution in [0.25, 0.3) is 0 Å². The summed E-state index contributed by atoms with van der Waals surface area (Å²) in [5, 5.41) is 0.239. The quantitative estimate of drug-likeness (QED) is 0.740. The molecule has 1 unspecified atom stereocenters. The summed E-state index contributed by atoms with van der Waals surface area (Å²) in [6.45, 7) is 0.775. The smallest absolute Gasteiger partial charge is 0.210 e. The van der Waals surface area contributed by atoms with Gasteiger partial charge in [-0.25, -0.2) is 8.42 Å². The van der Waals surface area contributed by atoms with Crippen molar-refractivity contribution in [3.63, 3.8) is 0 Å². The molecule has 1 amide bonds. The molecule has 2 aromatic carbocycles. The average molecular weight is 378 g/mol. The van der Waals surface area contributed by atoms with Crippen molar-refractivity contribution in [2.75, 3.05) is 6.54 Å². The first-order chi connectivity index (χ1) is 12.0. The van der Waals surface area contributed by atoms with Crippen LogP contribution in [0.1, 0.15) is 36.4 Å². The number of amides is 1. The fourth-order valence-electron chi connectivity index (χ4n) is 3.27. The molecule has 132 valence electrons. The van der Waals surface area contributed by atoms with E-state index < -0.39 is 9.84 Å². The number of sulfone groups is 1. The lowest BCUT2D eigenvalue weighted by Crippen LogP contribution is -2.32. The van der Waals surface area contributed by atoms with Crippen molar-refractivity contribution >= 4 is 27.8 Å². The Hall–Kier alpha value is -1.85. The van der Waals surface area contributed by atoms with Crippen molar-refractivity contribution in [3.8, 4) is 0 Å². The van der Waals surface area contributed by atoms with Gasteiger partial charge in [0, 0.05) is 6.54 Å². The summed E-state index contributed by atoms with van der Waals surface area (Å²) in [5.41, 5.74) is 1.75. The molecule has 6 heteroatoms. The summed E-state index contributed by atoms with van der Waals surface area (Å²) in [7, 11) is -3.50. The first kappa shape index (κ1) is 18.0. The van der Waals surface area contributed by atoms with E-state index >= 15 is 0 Å². The van der Waals surface area contributed by atoms with Gasteiger partial charge in [0.25, 0.3) is 0 Å². The summed E-state index contributed by atoms with van der Waals surface area (Å²) in [6, 6.07) is 14.0.